The molecule has 2 aromatic rings. The second-order valence-corrected chi connectivity index (χ2v) is 8.62. The van der Waals surface area contributed by atoms with Crippen LogP contribution in [0.3, 0.4) is 0 Å². The lowest BCUT2D eigenvalue weighted by molar-refractivity contribution is 0.0533. The molecule has 2 aromatic carbocycles. The monoisotopic (exact) mass is 451 g/mol. The van der Waals surface area contributed by atoms with Crippen LogP contribution >= 0.6 is 23.2 Å². The lowest BCUT2D eigenvalue weighted by Crippen LogP contribution is -2.46. The molecule has 1 aliphatic carbocycles. The van der Waals surface area contributed by atoms with E-state index in [1.807, 2.05) is 0 Å². The molecule has 0 bridgehead atoms. The van der Waals surface area contributed by atoms with E-state index in [0.29, 0.717) is 23.0 Å². The van der Waals surface area contributed by atoms with Gasteiger partial charge in [0.1, 0.15) is 5.82 Å². The highest BCUT2D eigenvalue weighted by Crippen LogP contribution is 2.44. The molecule has 1 aliphatic heterocycles. The summed E-state index contributed by atoms with van der Waals surface area (Å²) in [5, 5.41) is 1.22. The van der Waals surface area contributed by atoms with Gasteiger partial charge in [0.15, 0.2) is 0 Å². The number of amides is 1. The summed E-state index contributed by atoms with van der Waals surface area (Å²) in [6, 6.07) is 9.06. The number of anilines is 1. The molecular formula is C22H24Cl2FN3O2. The van der Waals surface area contributed by atoms with E-state index in [2.05, 4.69) is 38.3 Å². The van der Waals surface area contributed by atoms with Gasteiger partial charge >= 0.3 is 0 Å². The summed E-state index contributed by atoms with van der Waals surface area (Å²) in [6.45, 7) is 3.88. The van der Waals surface area contributed by atoms with Gasteiger partial charge in [-0.25, -0.2) is 9.87 Å². The number of carbonyl (C=O) groups is 1. The number of carbonyl (C=O) groups excluding carboxylic acids is 1. The highest BCUT2D eigenvalue weighted by Gasteiger charge is 2.26. The first-order valence-corrected chi connectivity index (χ1v) is 10.8. The Hall–Kier alpha value is -1.86. The van der Waals surface area contributed by atoms with Gasteiger partial charge in [-0.15, -0.1) is 0 Å². The molecule has 0 atom stereocenters. The van der Waals surface area contributed by atoms with E-state index < -0.39 is 11.7 Å². The largest absolute Gasteiger partial charge is 0.369 e. The summed E-state index contributed by atoms with van der Waals surface area (Å²) in [5.41, 5.74) is 5.03. The molecule has 30 heavy (non-hydrogen) atoms. The molecule has 0 radical (unpaired) electrons. The molecule has 1 N–H and O–H groups in total. The van der Waals surface area contributed by atoms with Crippen molar-refractivity contribution in [3.63, 3.8) is 0 Å². The van der Waals surface area contributed by atoms with Crippen molar-refractivity contribution in [2.75, 3.05) is 38.2 Å². The number of rotatable bonds is 6. The molecule has 1 amide bonds. The Kier molecular flexibility index (Phi) is 6.48. The summed E-state index contributed by atoms with van der Waals surface area (Å²) in [6.07, 6.45) is 2.47. The van der Waals surface area contributed by atoms with Crippen molar-refractivity contribution in [2.24, 2.45) is 0 Å². The first kappa shape index (κ1) is 21.4. The van der Waals surface area contributed by atoms with E-state index in [1.54, 1.807) is 0 Å². The van der Waals surface area contributed by atoms with Crippen LogP contribution in [0, 0.1) is 5.82 Å². The van der Waals surface area contributed by atoms with Gasteiger partial charge in [0.05, 0.1) is 12.7 Å². The summed E-state index contributed by atoms with van der Waals surface area (Å²) in [4.78, 5) is 20.9. The van der Waals surface area contributed by atoms with Crippen LogP contribution < -0.4 is 10.4 Å². The molecule has 5 nitrogen and oxygen atoms in total. The molecule has 0 spiro atoms. The van der Waals surface area contributed by atoms with Crippen molar-refractivity contribution in [2.45, 2.75) is 25.3 Å². The van der Waals surface area contributed by atoms with Crippen LogP contribution in [0.15, 0.2) is 30.3 Å². The fourth-order valence-corrected chi connectivity index (χ4v) is 4.43. The number of benzene rings is 2. The third-order valence-electron chi connectivity index (χ3n) is 5.71. The maximum Gasteiger partial charge on any atom is 0.277 e. The third kappa shape index (κ3) is 4.72. The Labute approximate surface area is 185 Å². The number of hydrogen-bond donors (Lipinski definition) is 1. The number of hydrogen-bond acceptors (Lipinski definition) is 4. The summed E-state index contributed by atoms with van der Waals surface area (Å²) < 4.78 is 14.4. The van der Waals surface area contributed by atoms with Gasteiger partial charge in [0, 0.05) is 48.5 Å². The van der Waals surface area contributed by atoms with Crippen LogP contribution in [0.1, 0.15) is 40.2 Å². The Balaban J connectivity index is 1.37. The summed E-state index contributed by atoms with van der Waals surface area (Å²) in [5.74, 6) is -0.642. The first-order valence-electron chi connectivity index (χ1n) is 10.0. The minimum absolute atomic E-state index is 0.137. The summed E-state index contributed by atoms with van der Waals surface area (Å²) >= 11 is 12.8. The number of nitrogens with one attached hydrogen (secondary N) is 1. The molecule has 1 saturated carbocycles. The number of hydroxylamine groups is 1. The molecule has 1 saturated heterocycles. The topological polar surface area (TPSA) is 44.8 Å². The van der Waals surface area contributed by atoms with E-state index in [9.17, 15) is 9.18 Å². The fraction of sp³-hybridized carbons (Fsp3) is 0.409. The van der Waals surface area contributed by atoms with Crippen LogP contribution in [0.4, 0.5) is 10.1 Å². The van der Waals surface area contributed by atoms with E-state index in [1.165, 1.54) is 37.6 Å². The van der Waals surface area contributed by atoms with Crippen LogP contribution in [0.5, 0.6) is 0 Å². The highest BCUT2D eigenvalue weighted by molar-refractivity contribution is 6.32. The summed E-state index contributed by atoms with van der Waals surface area (Å²) in [7, 11) is 1.29. The van der Waals surface area contributed by atoms with E-state index in [4.69, 9.17) is 23.2 Å². The Bertz CT molecular complexity index is 944. The average Bonchev–Trinajstić information content (AvgIpc) is 3.56. The van der Waals surface area contributed by atoms with Gasteiger partial charge in [0.2, 0.25) is 0 Å². The molecule has 8 heteroatoms. The second-order valence-electron chi connectivity index (χ2n) is 7.80. The highest BCUT2D eigenvalue weighted by atomic mass is 35.5. The van der Waals surface area contributed by atoms with E-state index in [0.717, 1.165) is 36.9 Å². The van der Waals surface area contributed by atoms with Crippen LogP contribution in [-0.4, -0.2) is 44.1 Å². The molecule has 1 heterocycles. The van der Waals surface area contributed by atoms with Crippen molar-refractivity contribution in [3.05, 3.63) is 62.9 Å². The minimum atomic E-state index is -0.663. The predicted molar refractivity (Wildman–Crippen MR) is 117 cm³/mol. The zero-order valence-corrected chi connectivity index (χ0v) is 18.3. The van der Waals surface area contributed by atoms with E-state index >= 15 is 0 Å². The molecule has 2 fully saturated rings. The van der Waals surface area contributed by atoms with Crippen molar-refractivity contribution in [1.82, 2.24) is 10.4 Å². The molecular weight excluding hydrogens is 428 g/mol. The minimum Gasteiger partial charge on any atom is -0.369 e. The number of piperazine rings is 1. The van der Waals surface area contributed by atoms with Gasteiger partial charge in [-0.05, 0) is 54.2 Å². The fourth-order valence-electron chi connectivity index (χ4n) is 3.87. The zero-order chi connectivity index (χ0) is 21.3. The van der Waals surface area contributed by atoms with Crippen LogP contribution in [0.2, 0.25) is 10.0 Å². The Morgan fingerprint density at radius 2 is 1.87 bits per heavy atom. The number of halogens is 3. The molecule has 0 aromatic heterocycles. The smallest absolute Gasteiger partial charge is 0.277 e. The predicted octanol–water partition coefficient (Wildman–Crippen LogP) is 4.62. The van der Waals surface area contributed by atoms with Gasteiger partial charge in [-0.1, -0.05) is 29.3 Å². The van der Waals surface area contributed by atoms with Gasteiger partial charge < -0.3 is 4.90 Å². The Morgan fingerprint density at radius 1 is 1.13 bits per heavy atom. The van der Waals surface area contributed by atoms with Crippen LogP contribution in [0.25, 0.3) is 0 Å². The van der Waals surface area contributed by atoms with E-state index in [-0.39, 0.29) is 5.56 Å². The molecule has 4 rings (SSSR count). The van der Waals surface area contributed by atoms with Crippen LogP contribution in [-0.2, 0) is 11.4 Å². The molecule has 0 unspecified atom stereocenters. The van der Waals surface area contributed by atoms with Gasteiger partial charge in [-0.2, -0.15) is 0 Å². The maximum absolute atomic E-state index is 14.4. The standard InChI is InChI=1S/C22H24Cl2FN3O2/c1-30-26-22(29)18-12-19(23)15(10-21(18)25)13-27-6-8-28(9-7-27)16-4-5-17(14-2-3-14)20(24)11-16/h4-5,10-12,14H,2-3,6-9,13H2,1H3,(H,26,29). The molecule has 2 aliphatic rings. The SMILES string of the molecule is CONC(=O)c1cc(Cl)c(CN2CCN(c3ccc(C4CC4)c(Cl)c3)CC2)cc1F. The van der Waals surface area contributed by atoms with Crippen molar-refractivity contribution in [3.8, 4) is 0 Å². The van der Waals surface area contributed by atoms with Gasteiger partial charge in [0.25, 0.3) is 5.91 Å². The lowest BCUT2D eigenvalue weighted by Gasteiger charge is -2.36. The molecule has 160 valence electrons. The van der Waals surface area contributed by atoms with Crippen molar-refractivity contribution < 1.29 is 14.0 Å². The first-order chi connectivity index (χ1) is 14.5. The third-order valence-corrected chi connectivity index (χ3v) is 6.39. The normalized spacial score (nSPS) is 17.3. The van der Waals surface area contributed by atoms with Crippen molar-refractivity contribution >= 4 is 34.8 Å². The quantitative estimate of drug-likeness (QED) is 0.650. The van der Waals surface area contributed by atoms with Crippen molar-refractivity contribution in [1.29, 1.82) is 0 Å². The zero-order valence-electron chi connectivity index (χ0n) is 16.8. The Morgan fingerprint density at radius 3 is 2.50 bits per heavy atom. The lowest BCUT2D eigenvalue weighted by atomic mass is 10.1. The van der Waals surface area contributed by atoms with Gasteiger partial charge in [-0.3, -0.25) is 14.5 Å². The second kappa shape index (κ2) is 9.10. The average molecular weight is 452 g/mol. The number of nitrogens with zero attached hydrogens (tertiary/aromatic N) is 2. The maximum atomic E-state index is 14.4.